The number of alkyl halides is 3. The number of methoxy groups -OCH3 is 1. The Hall–Kier alpha value is -0.940. The van der Waals surface area contributed by atoms with Crippen LogP contribution >= 0.6 is 12.4 Å². The number of nitrogens with two attached hydrogens (primary N) is 1. The zero-order valence-corrected chi connectivity index (χ0v) is 9.44. The van der Waals surface area contributed by atoms with Crippen molar-refractivity contribution in [3.63, 3.8) is 0 Å². The summed E-state index contributed by atoms with van der Waals surface area (Å²) in [6.07, 6.45) is -5.25. The van der Waals surface area contributed by atoms with Gasteiger partial charge in [-0.25, -0.2) is 0 Å². The molecule has 0 bridgehead atoms. The zero-order valence-electron chi connectivity index (χ0n) is 8.62. The van der Waals surface area contributed by atoms with Crippen LogP contribution in [0.3, 0.4) is 0 Å². The van der Waals surface area contributed by atoms with E-state index < -0.39 is 18.6 Å². The van der Waals surface area contributed by atoms with Gasteiger partial charge in [-0.15, -0.1) is 12.4 Å². The van der Waals surface area contributed by atoms with E-state index in [1.807, 2.05) is 0 Å². The maximum atomic E-state index is 12.0. The molecule has 0 spiro atoms. The van der Waals surface area contributed by atoms with E-state index in [9.17, 15) is 13.2 Å². The largest absolute Gasteiger partial charge is 0.497 e. The summed E-state index contributed by atoms with van der Waals surface area (Å²) in [5.41, 5.74) is 5.86. The number of ether oxygens (including phenoxy) is 1. The number of rotatable bonds is 3. The van der Waals surface area contributed by atoms with Crippen LogP contribution in [0.2, 0.25) is 0 Å². The molecule has 0 saturated carbocycles. The van der Waals surface area contributed by atoms with E-state index in [1.54, 1.807) is 12.1 Å². The second-order valence-electron chi connectivity index (χ2n) is 3.20. The molecule has 0 heterocycles. The van der Waals surface area contributed by atoms with Crippen molar-refractivity contribution in [3.8, 4) is 5.75 Å². The Morgan fingerprint density at radius 3 is 2.12 bits per heavy atom. The lowest BCUT2D eigenvalue weighted by Gasteiger charge is -2.14. The first-order chi connectivity index (χ1) is 6.92. The summed E-state index contributed by atoms with van der Waals surface area (Å²) in [7, 11) is 1.49. The molecule has 0 fully saturated rings. The van der Waals surface area contributed by atoms with Crippen molar-refractivity contribution in [1.29, 1.82) is 0 Å². The number of hydrogen-bond donors (Lipinski definition) is 1. The van der Waals surface area contributed by atoms with Crippen molar-refractivity contribution in [3.05, 3.63) is 29.8 Å². The van der Waals surface area contributed by atoms with Gasteiger partial charge in [0.25, 0.3) is 0 Å². The third-order valence-electron chi connectivity index (χ3n) is 2.00. The summed E-state index contributed by atoms with van der Waals surface area (Å²) in [6, 6.07) is 5.23. The highest BCUT2D eigenvalue weighted by molar-refractivity contribution is 5.85. The van der Waals surface area contributed by atoms with Crippen LogP contribution in [0, 0.1) is 0 Å². The van der Waals surface area contributed by atoms with Gasteiger partial charge in [-0.05, 0) is 17.7 Å². The van der Waals surface area contributed by atoms with Crippen LogP contribution < -0.4 is 10.5 Å². The van der Waals surface area contributed by atoms with E-state index in [0.717, 1.165) is 0 Å². The summed E-state index contributed by atoms with van der Waals surface area (Å²) >= 11 is 0. The molecule has 0 aliphatic carbocycles. The third-order valence-corrected chi connectivity index (χ3v) is 2.00. The molecule has 1 aromatic rings. The second-order valence-corrected chi connectivity index (χ2v) is 3.20. The van der Waals surface area contributed by atoms with E-state index in [4.69, 9.17) is 10.5 Å². The fraction of sp³-hybridized carbons (Fsp3) is 0.400. The average molecular weight is 256 g/mol. The molecule has 0 amide bonds. The molecule has 6 heteroatoms. The van der Waals surface area contributed by atoms with Gasteiger partial charge in [0.1, 0.15) is 5.75 Å². The number of benzene rings is 1. The molecular formula is C10H13ClF3NO. The first-order valence-corrected chi connectivity index (χ1v) is 4.38. The molecule has 0 unspecified atom stereocenters. The number of halogens is 4. The average Bonchev–Trinajstić information content (AvgIpc) is 2.15. The van der Waals surface area contributed by atoms with Gasteiger partial charge in [-0.3, -0.25) is 0 Å². The molecule has 0 aliphatic heterocycles. The minimum absolute atomic E-state index is 0. The Labute approximate surface area is 98.0 Å². The van der Waals surface area contributed by atoms with Gasteiger partial charge in [0.15, 0.2) is 0 Å². The zero-order chi connectivity index (χ0) is 11.5. The fourth-order valence-electron chi connectivity index (χ4n) is 1.22. The van der Waals surface area contributed by atoms with Gasteiger partial charge in [-0.1, -0.05) is 12.1 Å². The van der Waals surface area contributed by atoms with Crippen LogP contribution in [0.1, 0.15) is 18.0 Å². The maximum Gasteiger partial charge on any atom is 0.390 e. The van der Waals surface area contributed by atoms with Crippen LogP contribution in [0.15, 0.2) is 24.3 Å². The highest BCUT2D eigenvalue weighted by Gasteiger charge is 2.30. The van der Waals surface area contributed by atoms with Crippen molar-refractivity contribution in [2.75, 3.05) is 7.11 Å². The summed E-state index contributed by atoms with van der Waals surface area (Å²) in [5.74, 6) is 0.595. The van der Waals surface area contributed by atoms with Crippen LogP contribution in [-0.4, -0.2) is 13.3 Å². The Kier molecular flexibility index (Phi) is 5.61. The van der Waals surface area contributed by atoms with Gasteiger partial charge in [-0.2, -0.15) is 13.2 Å². The lowest BCUT2D eigenvalue weighted by Crippen LogP contribution is -2.20. The third kappa shape index (κ3) is 4.72. The smallest absolute Gasteiger partial charge is 0.390 e. The Bertz CT molecular complexity index is 313. The SMILES string of the molecule is COc1ccc([C@@H](N)CC(F)(F)F)cc1.Cl. The lowest BCUT2D eigenvalue weighted by molar-refractivity contribution is -0.138. The van der Waals surface area contributed by atoms with E-state index >= 15 is 0 Å². The Balaban J connectivity index is 0.00000225. The molecule has 2 N–H and O–H groups in total. The topological polar surface area (TPSA) is 35.2 Å². The van der Waals surface area contributed by atoms with Crippen LogP contribution in [0.5, 0.6) is 5.75 Å². The van der Waals surface area contributed by atoms with Gasteiger partial charge in [0.05, 0.1) is 13.5 Å². The van der Waals surface area contributed by atoms with E-state index in [2.05, 4.69) is 0 Å². The number of hydrogen-bond acceptors (Lipinski definition) is 2. The van der Waals surface area contributed by atoms with Crippen molar-refractivity contribution in [2.24, 2.45) is 5.73 Å². The molecular weight excluding hydrogens is 243 g/mol. The first-order valence-electron chi connectivity index (χ1n) is 4.38. The molecule has 2 nitrogen and oxygen atoms in total. The summed E-state index contributed by atoms with van der Waals surface area (Å²) in [6.45, 7) is 0. The van der Waals surface area contributed by atoms with Crippen molar-refractivity contribution >= 4 is 12.4 Å². The Morgan fingerprint density at radius 1 is 1.25 bits per heavy atom. The van der Waals surface area contributed by atoms with Gasteiger partial charge in [0, 0.05) is 6.04 Å². The lowest BCUT2D eigenvalue weighted by atomic mass is 10.0. The predicted molar refractivity (Wildman–Crippen MR) is 57.8 cm³/mol. The second kappa shape index (κ2) is 5.96. The maximum absolute atomic E-state index is 12.0. The van der Waals surface area contributed by atoms with E-state index in [-0.39, 0.29) is 12.4 Å². The quantitative estimate of drug-likeness (QED) is 0.901. The highest BCUT2D eigenvalue weighted by Crippen LogP contribution is 2.28. The molecule has 0 aromatic heterocycles. The molecule has 0 radical (unpaired) electrons. The van der Waals surface area contributed by atoms with Crippen molar-refractivity contribution < 1.29 is 17.9 Å². The molecule has 1 rings (SSSR count). The van der Waals surface area contributed by atoms with Crippen molar-refractivity contribution in [2.45, 2.75) is 18.6 Å². The molecule has 1 aromatic carbocycles. The first kappa shape index (κ1) is 15.1. The minimum atomic E-state index is -4.24. The molecule has 16 heavy (non-hydrogen) atoms. The summed E-state index contributed by atoms with van der Waals surface area (Å²) < 4.78 is 41.0. The standard InChI is InChI=1S/C10H12F3NO.ClH/c1-15-8-4-2-7(3-5-8)9(14)6-10(11,12)13;/h2-5,9H,6,14H2,1H3;1H/t9-;/m0./s1. The van der Waals surface area contributed by atoms with Gasteiger partial charge >= 0.3 is 6.18 Å². The van der Waals surface area contributed by atoms with E-state index in [1.165, 1.54) is 19.2 Å². The normalized spacial score (nSPS) is 12.8. The predicted octanol–water partition coefficient (Wildman–Crippen LogP) is 3.07. The Morgan fingerprint density at radius 2 is 1.75 bits per heavy atom. The summed E-state index contributed by atoms with van der Waals surface area (Å²) in [5, 5.41) is 0. The van der Waals surface area contributed by atoms with E-state index in [0.29, 0.717) is 11.3 Å². The molecule has 92 valence electrons. The molecule has 1 atom stereocenters. The minimum Gasteiger partial charge on any atom is -0.497 e. The molecule has 0 aliphatic rings. The van der Waals surface area contributed by atoms with Crippen LogP contribution in [-0.2, 0) is 0 Å². The van der Waals surface area contributed by atoms with Gasteiger partial charge in [0.2, 0.25) is 0 Å². The van der Waals surface area contributed by atoms with Crippen LogP contribution in [0.25, 0.3) is 0 Å². The highest BCUT2D eigenvalue weighted by atomic mass is 35.5. The molecule has 0 saturated heterocycles. The van der Waals surface area contributed by atoms with Gasteiger partial charge < -0.3 is 10.5 Å². The van der Waals surface area contributed by atoms with Crippen molar-refractivity contribution in [1.82, 2.24) is 0 Å². The van der Waals surface area contributed by atoms with Crippen LogP contribution in [0.4, 0.5) is 13.2 Å². The summed E-state index contributed by atoms with van der Waals surface area (Å²) in [4.78, 5) is 0. The fourth-order valence-corrected chi connectivity index (χ4v) is 1.22. The monoisotopic (exact) mass is 255 g/mol.